The van der Waals surface area contributed by atoms with Gasteiger partial charge in [0.05, 0.1) is 18.8 Å². The summed E-state index contributed by atoms with van der Waals surface area (Å²) in [4.78, 5) is 21.3. The number of aliphatic hydroxyl groups excluding tert-OH is 1. The SMILES string of the molecule is C[C@@H]1[C@H](CSc2ncccn2)O[C@H](c2ccc(-c3ccccc3CNC(=O)NCc3ccccc3)cc2)O[C@@H]1c1ccc(CO)cc1. The number of carbonyl (C=O) groups excluding carboxylic acids is 1. The quantitative estimate of drug-likeness (QED) is 0.103. The monoisotopic (exact) mass is 646 g/mol. The van der Waals surface area contributed by atoms with E-state index in [1.165, 1.54) is 0 Å². The first kappa shape index (κ1) is 32.4. The zero-order chi connectivity index (χ0) is 32.4. The molecule has 8 nitrogen and oxygen atoms in total. The predicted octanol–water partition coefficient (Wildman–Crippen LogP) is 7.22. The molecule has 5 aromatic rings. The Morgan fingerprint density at radius 1 is 0.766 bits per heavy atom. The van der Waals surface area contributed by atoms with E-state index in [1.54, 1.807) is 24.2 Å². The molecule has 4 aromatic carbocycles. The van der Waals surface area contributed by atoms with E-state index >= 15 is 0 Å². The van der Waals surface area contributed by atoms with Crippen molar-refractivity contribution < 1.29 is 19.4 Å². The Labute approximate surface area is 279 Å². The summed E-state index contributed by atoms with van der Waals surface area (Å²) in [5, 5.41) is 16.2. The predicted molar refractivity (Wildman–Crippen MR) is 183 cm³/mol. The van der Waals surface area contributed by atoms with Crippen LogP contribution in [-0.4, -0.2) is 33.0 Å². The first-order chi connectivity index (χ1) is 23.1. The molecule has 0 bridgehead atoms. The second-order valence-electron chi connectivity index (χ2n) is 11.5. The summed E-state index contributed by atoms with van der Waals surface area (Å²) >= 11 is 1.57. The molecular weight excluding hydrogens is 609 g/mol. The zero-order valence-corrected chi connectivity index (χ0v) is 27.0. The van der Waals surface area contributed by atoms with Crippen LogP contribution in [0.5, 0.6) is 0 Å². The van der Waals surface area contributed by atoms with Crippen LogP contribution >= 0.6 is 11.8 Å². The minimum Gasteiger partial charge on any atom is -0.392 e. The molecule has 1 fully saturated rings. The van der Waals surface area contributed by atoms with Crippen LogP contribution in [-0.2, 0) is 29.2 Å². The fraction of sp³-hybridized carbons (Fsp3) is 0.237. The van der Waals surface area contributed by atoms with Crippen molar-refractivity contribution in [2.24, 2.45) is 5.92 Å². The Morgan fingerprint density at radius 3 is 2.19 bits per heavy atom. The standard InChI is InChI=1S/C38H38N4O4S/c1-26-34(25-47-38-39-20-7-21-40-38)45-36(46-35(26)30-14-12-28(24-43)13-15-30)31-18-16-29(17-19-31)33-11-6-5-10-32(33)23-42-37(44)41-22-27-8-3-2-4-9-27/h2-21,26,34-36,43H,22-25H2,1H3,(H2,41,42,44)/t26-,34+,35+,36+/m1/s1. The Kier molecular flexibility index (Phi) is 10.9. The van der Waals surface area contributed by atoms with Crippen molar-refractivity contribution >= 4 is 17.8 Å². The van der Waals surface area contributed by atoms with Crippen LogP contribution in [0, 0.1) is 5.92 Å². The van der Waals surface area contributed by atoms with Crippen molar-refractivity contribution in [1.82, 2.24) is 20.6 Å². The number of nitrogens with one attached hydrogen (secondary N) is 2. The molecule has 2 amide bonds. The molecule has 240 valence electrons. The lowest BCUT2D eigenvalue weighted by molar-refractivity contribution is -0.268. The van der Waals surface area contributed by atoms with E-state index in [9.17, 15) is 9.90 Å². The summed E-state index contributed by atoms with van der Waals surface area (Å²) in [5.74, 6) is 0.735. The Balaban J connectivity index is 1.16. The number of aromatic nitrogens is 2. The molecule has 0 radical (unpaired) electrons. The third-order valence-electron chi connectivity index (χ3n) is 8.29. The number of benzene rings is 4. The molecule has 1 saturated heterocycles. The number of ether oxygens (including phenoxy) is 2. The maximum Gasteiger partial charge on any atom is 0.315 e. The summed E-state index contributed by atoms with van der Waals surface area (Å²) in [6, 6.07) is 35.7. The maximum absolute atomic E-state index is 12.5. The molecule has 9 heteroatoms. The van der Waals surface area contributed by atoms with Crippen LogP contribution in [0.25, 0.3) is 11.1 Å². The second kappa shape index (κ2) is 15.8. The van der Waals surface area contributed by atoms with Crippen molar-refractivity contribution in [1.29, 1.82) is 0 Å². The summed E-state index contributed by atoms with van der Waals surface area (Å²) < 4.78 is 13.2. The molecular formula is C38H38N4O4S. The van der Waals surface area contributed by atoms with Crippen LogP contribution in [0.4, 0.5) is 4.79 Å². The van der Waals surface area contributed by atoms with Crippen molar-refractivity contribution in [3.63, 3.8) is 0 Å². The molecule has 0 spiro atoms. The number of thioether (sulfide) groups is 1. The van der Waals surface area contributed by atoms with Crippen LogP contribution in [0.2, 0.25) is 0 Å². The van der Waals surface area contributed by atoms with Gasteiger partial charge in [-0.05, 0) is 39.4 Å². The highest BCUT2D eigenvalue weighted by molar-refractivity contribution is 7.99. The largest absolute Gasteiger partial charge is 0.392 e. The third kappa shape index (κ3) is 8.44. The van der Waals surface area contributed by atoms with Gasteiger partial charge in [0.15, 0.2) is 11.4 Å². The molecule has 1 aromatic heterocycles. The summed E-state index contributed by atoms with van der Waals surface area (Å²) in [5.41, 5.74) is 6.95. The molecule has 1 aliphatic rings. The van der Waals surface area contributed by atoms with Crippen molar-refractivity contribution in [3.05, 3.63) is 149 Å². The van der Waals surface area contributed by atoms with Crippen molar-refractivity contribution in [3.8, 4) is 11.1 Å². The summed E-state index contributed by atoms with van der Waals surface area (Å²) in [6.45, 7) is 3.01. The fourth-order valence-corrected chi connectivity index (χ4v) is 6.58. The number of hydrogen-bond donors (Lipinski definition) is 3. The van der Waals surface area contributed by atoms with E-state index in [2.05, 4.69) is 45.7 Å². The lowest BCUT2D eigenvalue weighted by Gasteiger charge is -2.41. The fourth-order valence-electron chi connectivity index (χ4n) is 5.62. The smallest absolute Gasteiger partial charge is 0.315 e. The molecule has 4 atom stereocenters. The van der Waals surface area contributed by atoms with E-state index in [-0.39, 0.29) is 30.8 Å². The van der Waals surface area contributed by atoms with Gasteiger partial charge in [0.25, 0.3) is 0 Å². The average molecular weight is 647 g/mol. The van der Waals surface area contributed by atoms with Gasteiger partial charge in [0, 0.05) is 42.7 Å². The number of hydrogen-bond acceptors (Lipinski definition) is 7. The van der Waals surface area contributed by atoms with Gasteiger partial charge >= 0.3 is 6.03 Å². The van der Waals surface area contributed by atoms with Crippen LogP contribution < -0.4 is 10.6 Å². The molecule has 0 unspecified atom stereocenters. The van der Waals surface area contributed by atoms with Crippen LogP contribution in [0.1, 0.15) is 47.1 Å². The van der Waals surface area contributed by atoms with Crippen LogP contribution in [0.3, 0.4) is 0 Å². The second-order valence-corrected chi connectivity index (χ2v) is 12.5. The van der Waals surface area contributed by atoms with Gasteiger partial charge in [0.2, 0.25) is 0 Å². The molecule has 0 saturated carbocycles. The normalized spacial score (nSPS) is 19.2. The first-order valence-corrected chi connectivity index (χ1v) is 16.7. The number of aliphatic hydroxyl groups is 1. The van der Waals surface area contributed by atoms with E-state index in [1.807, 2.05) is 91.0 Å². The topological polar surface area (TPSA) is 106 Å². The van der Waals surface area contributed by atoms with Gasteiger partial charge in [-0.2, -0.15) is 0 Å². The molecule has 2 heterocycles. The molecule has 1 aliphatic heterocycles. The number of amides is 2. The Morgan fingerprint density at radius 2 is 1.45 bits per heavy atom. The first-order valence-electron chi connectivity index (χ1n) is 15.7. The molecule has 3 N–H and O–H groups in total. The van der Waals surface area contributed by atoms with Crippen LogP contribution in [0.15, 0.2) is 127 Å². The lowest BCUT2D eigenvalue weighted by atomic mass is 9.91. The van der Waals surface area contributed by atoms with Gasteiger partial charge in [-0.25, -0.2) is 14.8 Å². The average Bonchev–Trinajstić information content (AvgIpc) is 3.14. The molecule has 47 heavy (non-hydrogen) atoms. The van der Waals surface area contributed by atoms with E-state index in [4.69, 9.17) is 9.47 Å². The van der Waals surface area contributed by atoms with Gasteiger partial charge in [-0.3, -0.25) is 0 Å². The Hall–Kier alpha value is -4.54. The number of rotatable bonds is 11. The zero-order valence-electron chi connectivity index (χ0n) is 26.2. The van der Waals surface area contributed by atoms with Gasteiger partial charge in [0.1, 0.15) is 0 Å². The highest BCUT2D eigenvalue weighted by Gasteiger charge is 2.38. The highest BCUT2D eigenvalue weighted by Crippen LogP contribution is 2.43. The maximum atomic E-state index is 12.5. The number of urea groups is 1. The highest BCUT2D eigenvalue weighted by atomic mass is 32.2. The summed E-state index contributed by atoms with van der Waals surface area (Å²) in [6.07, 6.45) is 2.59. The van der Waals surface area contributed by atoms with Gasteiger partial charge in [-0.1, -0.05) is 122 Å². The van der Waals surface area contributed by atoms with E-state index in [0.29, 0.717) is 24.0 Å². The Bertz CT molecular complexity index is 1720. The van der Waals surface area contributed by atoms with E-state index in [0.717, 1.165) is 38.9 Å². The third-order valence-corrected chi connectivity index (χ3v) is 9.25. The van der Waals surface area contributed by atoms with Gasteiger partial charge in [-0.15, -0.1) is 0 Å². The number of carbonyl (C=O) groups is 1. The summed E-state index contributed by atoms with van der Waals surface area (Å²) in [7, 11) is 0. The lowest BCUT2D eigenvalue weighted by Crippen LogP contribution is -2.38. The minimum atomic E-state index is -0.574. The molecule has 0 aliphatic carbocycles. The minimum absolute atomic E-state index is 0.00354. The van der Waals surface area contributed by atoms with E-state index < -0.39 is 6.29 Å². The number of nitrogens with zero attached hydrogens (tertiary/aromatic N) is 2. The van der Waals surface area contributed by atoms with Crippen molar-refractivity contribution in [2.45, 2.75) is 50.3 Å². The van der Waals surface area contributed by atoms with Crippen molar-refractivity contribution in [2.75, 3.05) is 5.75 Å². The molecule has 6 rings (SSSR count). The van der Waals surface area contributed by atoms with Gasteiger partial charge < -0.3 is 25.2 Å².